The van der Waals surface area contributed by atoms with E-state index in [2.05, 4.69) is 74.6 Å². The summed E-state index contributed by atoms with van der Waals surface area (Å²) in [4.78, 5) is 2.58. The van der Waals surface area contributed by atoms with Crippen LogP contribution in [-0.4, -0.2) is 12.0 Å². The summed E-state index contributed by atoms with van der Waals surface area (Å²) >= 11 is 3.66. The largest absolute Gasteiger partial charge is 0.303 e. The molecule has 0 unspecified atom stereocenters. The van der Waals surface area contributed by atoms with E-state index >= 15 is 0 Å². The van der Waals surface area contributed by atoms with Gasteiger partial charge in [0, 0.05) is 9.79 Å². The number of nitrogens with one attached hydrogen (secondary N) is 3. The van der Waals surface area contributed by atoms with Crippen molar-refractivity contribution in [2.24, 2.45) is 0 Å². The zero-order valence-electron chi connectivity index (χ0n) is 16.3. The summed E-state index contributed by atoms with van der Waals surface area (Å²) in [6, 6.07) is 9.13. The van der Waals surface area contributed by atoms with Crippen molar-refractivity contribution in [3.63, 3.8) is 0 Å². The molecule has 0 aliphatic heterocycles. The van der Waals surface area contributed by atoms with Crippen LogP contribution in [0.15, 0.2) is 34.1 Å². The van der Waals surface area contributed by atoms with Gasteiger partial charge in [0.1, 0.15) is 0 Å². The Labute approximate surface area is 166 Å². The van der Waals surface area contributed by atoms with Crippen molar-refractivity contribution in [3.8, 4) is 0 Å². The van der Waals surface area contributed by atoms with Crippen LogP contribution in [-0.2, 0) is 0 Å². The van der Waals surface area contributed by atoms with Gasteiger partial charge in [-0.2, -0.15) is 0 Å². The van der Waals surface area contributed by atoms with Crippen LogP contribution < -0.4 is 16.4 Å². The third kappa shape index (κ3) is 4.51. The lowest BCUT2D eigenvalue weighted by Gasteiger charge is -2.20. The molecule has 2 aromatic rings. The summed E-state index contributed by atoms with van der Waals surface area (Å²) in [5.74, 6) is 1.84. The molecule has 0 heterocycles. The van der Waals surface area contributed by atoms with Gasteiger partial charge in [0.25, 0.3) is 0 Å². The Morgan fingerprint density at radius 2 is 1.58 bits per heavy atom. The second-order valence-electron chi connectivity index (χ2n) is 6.95. The number of hydrogen-bond donors (Lipinski definition) is 3. The van der Waals surface area contributed by atoms with Gasteiger partial charge in [0.05, 0.1) is 11.4 Å². The smallest absolute Gasteiger partial charge is 0.0670 e. The van der Waals surface area contributed by atoms with Crippen LogP contribution in [0, 0.1) is 20.8 Å². The van der Waals surface area contributed by atoms with E-state index in [1.54, 1.807) is 11.8 Å². The van der Waals surface area contributed by atoms with Crippen LogP contribution in [0.5, 0.6) is 0 Å². The highest BCUT2D eigenvalue weighted by molar-refractivity contribution is 7.99. The van der Waals surface area contributed by atoms with Crippen LogP contribution in [0.1, 0.15) is 47.9 Å². The fourth-order valence-corrected chi connectivity index (χ4v) is 4.88. The lowest BCUT2D eigenvalue weighted by molar-refractivity contribution is 0.927. The van der Waals surface area contributed by atoms with E-state index in [-0.39, 0.29) is 0 Å². The average molecular weight is 388 g/mol. The molecule has 5 heteroatoms. The lowest BCUT2D eigenvalue weighted by Crippen LogP contribution is -2.29. The summed E-state index contributed by atoms with van der Waals surface area (Å²) < 4.78 is 0. The third-order valence-corrected chi connectivity index (χ3v) is 6.39. The first-order chi connectivity index (χ1) is 12.5. The maximum atomic E-state index is 3.39. The van der Waals surface area contributed by atoms with Crippen molar-refractivity contribution in [1.82, 2.24) is 5.53 Å². The summed E-state index contributed by atoms with van der Waals surface area (Å²) in [6.07, 6.45) is 4.82. The molecule has 26 heavy (non-hydrogen) atoms. The molecule has 1 aliphatic carbocycles. The maximum Gasteiger partial charge on any atom is 0.0670 e. The zero-order chi connectivity index (χ0) is 18.7. The topological polar surface area (TPSA) is 36.1 Å². The van der Waals surface area contributed by atoms with E-state index in [0.29, 0.717) is 0 Å². The molecular formula is C21H29N3S2. The van der Waals surface area contributed by atoms with Gasteiger partial charge in [0.2, 0.25) is 0 Å². The van der Waals surface area contributed by atoms with E-state index in [4.69, 9.17) is 0 Å². The monoisotopic (exact) mass is 387 g/mol. The van der Waals surface area contributed by atoms with Crippen molar-refractivity contribution >= 4 is 34.9 Å². The van der Waals surface area contributed by atoms with Gasteiger partial charge in [-0.3, -0.25) is 0 Å². The number of thioether (sulfide) groups is 2. The number of hydrogen-bond acceptors (Lipinski definition) is 5. The molecule has 3 rings (SSSR count). The predicted molar refractivity (Wildman–Crippen MR) is 118 cm³/mol. The minimum atomic E-state index is 0.781. The fraction of sp³-hybridized carbons (Fsp3) is 0.429. The SMILES string of the molecule is CCSc1cc(C)cc(C)c1NNNc1c(C)cc(C2CC2)cc1SC. The van der Waals surface area contributed by atoms with Crippen molar-refractivity contribution in [1.29, 1.82) is 0 Å². The molecule has 1 fully saturated rings. The summed E-state index contributed by atoms with van der Waals surface area (Å²) in [7, 11) is 0. The van der Waals surface area contributed by atoms with Gasteiger partial charge in [-0.15, -0.1) is 29.1 Å². The quantitative estimate of drug-likeness (QED) is 0.368. The van der Waals surface area contributed by atoms with Gasteiger partial charge in [-0.25, -0.2) is 0 Å². The molecule has 3 N–H and O–H groups in total. The zero-order valence-corrected chi connectivity index (χ0v) is 18.0. The number of rotatable bonds is 8. The Hall–Kier alpha value is -1.30. The number of aryl methyl sites for hydroxylation is 3. The first-order valence-corrected chi connectivity index (χ1v) is 11.4. The molecule has 0 atom stereocenters. The van der Waals surface area contributed by atoms with Gasteiger partial charge >= 0.3 is 0 Å². The second-order valence-corrected chi connectivity index (χ2v) is 9.11. The molecule has 140 valence electrons. The van der Waals surface area contributed by atoms with Crippen molar-refractivity contribution in [3.05, 3.63) is 46.5 Å². The van der Waals surface area contributed by atoms with Crippen molar-refractivity contribution < 1.29 is 0 Å². The highest BCUT2D eigenvalue weighted by Crippen LogP contribution is 2.43. The van der Waals surface area contributed by atoms with E-state index in [1.165, 1.54) is 44.9 Å². The van der Waals surface area contributed by atoms with Crippen molar-refractivity contribution in [2.45, 2.75) is 56.2 Å². The Morgan fingerprint density at radius 1 is 0.923 bits per heavy atom. The highest BCUT2D eigenvalue weighted by Gasteiger charge is 2.24. The number of hydrazine groups is 2. The van der Waals surface area contributed by atoms with Crippen molar-refractivity contribution in [2.75, 3.05) is 22.9 Å². The molecule has 0 spiro atoms. The first-order valence-electron chi connectivity index (χ1n) is 9.23. The predicted octanol–water partition coefficient (Wildman–Crippen LogP) is 6.27. The van der Waals surface area contributed by atoms with E-state index in [1.807, 2.05) is 11.8 Å². The molecule has 0 aromatic heterocycles. The first kappa shape index (κ1) is 19.5. The molecule has 0 amide bonds. The minimum absolute atomic E-state index is 0.781. The van der Waals surface area contributed by atoms with Crippen LogP contribution >= 0.6 is 23.5 Å². The minimum Gasteiger partial charge on any atom is -0.303 e. The van der Waals surface area contributed by atoms with Gasteiger partial charge < -0.3 is 10.9 Å². The van der Waals surface area contributed by atoms with Gasteiger partial charge in [0.15, 0.2) is 0 Å². The number of anilines is 2. The normalized spacial score (nSPS) is 13.7. The standard InChI is InChI=1S/C21H29N3S2/c1-6-26-19-10-13(2)9-14(3)21(19)23-24-22-20-15(4)11-17(16-7-8-16)12-18(20)25-5/h9-12,16,22-24H,6-8H2,1-5H3. The molecule has 1 saturated carbocycles. The van der Waals surface area contributed by atoms with E-state index < -0.39 is 0 Å². The average Bonchev–Trinajstić information content (AvgIpc) is 3.43. The lowest BCUT2D eigenvalue weighted by atomic mass is 10.1. The number of benzene rings is 2. The van der Waals surface area contributed by atoms with Crippen LogP contribution in [0.2, 0.25) is 0 Å². The highest BCUT2D eigenvalue weighted by atomic mass is 32.2. The maximum absolute atomic E-state index is 3.39. The van der Waals surface area contributed by atoms with E-state index in [9.17, 15) is 0 Å². The fourth-order valence-electron chi connectivity index (χ4n) is 3.27. The Balaban J connectivity index is 1.74. The molecule has 0 radical (unpaired) electrons. The molecular weight excluding hydrogens is 358 g/mol. The van der Waals surface area contributed by atoms with Gasteiger partial charge in [-0.1, -0.05) is 19.1 Å². The molecule has 1 aliphatic rings. The van der Waals surface area contributed by atoms with Crippen LogP contribution in [0.3, 0.4) is 0 Å². The van der Waals surface area contributed by atoms with Gasteiger partial charge in [-0.05, 0) is 85.9 Å². The molecule has 0 saturated heterocycles. The van der Waals surface area contributed by atoms with Crippen LogP contribution in [0.25, 0.3) is 0 Å². The summed E-state index contributed by atoms with van der Waals surface area (Å²) in [5.41, 5.74) is 17.6. The Bertz CT molecular complexity index is 785. The summed E-state index contributed by atoms with van der Waals surface area (Å²) in [6.45, 7) is 8.68. The molecule has 2 aromatic carbocycles. The Morgan fingerprint density at radius 3 is 2.19 bits per heavy atom. The molecule has 3 nitrogen and oxygen atoms in total. The second kappa shape index (κ2) is 8.59. The van der Waals surface area contributed by atoms with E-state index in [0.717, 1.165) is 23.0 Å². The summed E-state index contributed by atoms with van der Waals surface area (Å²) in [5, 5.41) is 0. The Kier molecular flexibility index (Phi) is 6.43. The van der Waals surface area contributed by atoms with Crippen LogP contribution in [0.4, 0.5) is 11.4 Å². The third-order valence-electron chi connectivity index (χ3n) is 4.71. The molecule has 0 bridgehead atoms.